The Morgan fingerprint density at radius 1 is 1.20 bits per heavy atom. The summed E-state index contributed by atoms with van der Waals surface area (Å²) in [4.78, 5) is 28.7. The van der Waals surface area contributed by atoms with Gasteiger partial charge in [-0.25, -0.2) is 0 Å². The van der Waals surface area contributed by atoms with Gasteiger partial charge >= 0.3 is 0 Å². The highest BCUT2D eigenvalue weighted by Crippen LogP contribution is 2.28. The minimum absolute atomic E-state index is 0.0398. The van der Waals surface area contributed by atoms with Crippen molar-refractivity contribution in [2.24, 2.45) is 5.92 Å². The lowest BCUT2D eigenvalue weighted by molar-refractivity contribution is -0.138. The summed E-state index contributed by atoms with van der Waals surface area (Å²) in [5.41, 5.74) is 0.313. The molecule has 0 radical (unpaired) electrons. The van der Waals surface area contributed by atoms with E-state index >= 15 is 0 Å². The molecule has 1 aromatic rings. The fourth-order valence-electron chi connectivity index (χ4n) is 3.43. The molecule has 3 aliphatic rings. The third kappa shape index (κ3) is 3.85. The Bertz CT molecular complexity index is 737. The molecule has 2 atom stereocenters. The zero-order chi connectivity index (χ0) is 18.2. The maximum Gasteiger partial charge on any atom is 0.253 e. The molecule has 2 bridgehead atoms. The van der Waals surface area contributed by atoms with Crippen LogP contribution < -0.4 is 0 Å². The van der Waals surface area contributed by atoms with E-state index in [-0.39, 0.29) is 23.8 Å². The van der Waals surface area contributed by atoms with Crippen molar-refractivity contribution >= 4 is 11.8 Å². The highest BCUT2D eigenvalue weighted by molar-refractivity contribution is 5.95. The first kappa shape index (κ1) is 17.5. The van der Waals surface area contributed by atoms with E-state index in [1.165, 1.54) is 0 Å². The number of carbonyl (C=O) groups excluding carboxylic acids is 2. The average Bonchev–Trinajstić information content (AvgIpc) is 2.86. The highest BCUT2D eigenvalue weighted by Gasteiger charge is 2.40. The number of hydrogen-bond donors (Lipinski definition) is 1. The van der Waals surface area contributed by atoms with Crippen LogP contribution in [0.5, 0.6) is 0 Å². The van der Waals surface area contributed by atoms with Gasteiger partial charge in [0.2, 0.25) is 5.91 Å². The average molecular weight is 340 g/mol. The van der Waals surface area contributed by atoms with Crippen LogP contribution in [0.4, 0.5) is 0 Å². The number of aliphatic hydroxyl groups is 1. The maximum absolute atomic E-state index is 12.8. The summed E-state index contributed by atoms with van der Waals surface area (Å²) in [7, 11) is 1.84. The van der Waals surface area contributed by atoms with E-state index in [0.717, 1.165) is 18.4 Å². The third-order valence-electron chi connectivity index (χ3n) is 4.90. The topological polar surface area (TPSA) is 60.9 Å². The normalized spacial score (nSPS) is 23.1. The molecule has 0 spiro atoms. The molecule has 5 nitrogen and oxygen atoms in total. The number of amides is 2. The van der Waals surface area contributed by atoms with Crippen LogP contribution in [0.3, 0.4) is 0 Å². The standard InChI is InChI=1S/C20H24N2O3/c1-20(2,25)11-10-14-4-6-15(7-5-14)19(24)22-12-16-8-9-17(13-22)21(3)18(16)23/h4-7,16-17,25H,8-9,12-13H2,1-3H3/t16-,17+/m1/s1. The Hall–Kier alpha value is -2.32. The van der Waals surface area contributed by atoms with Gasteiger partial charge in [0.25, 0.3) is 5.91 Å². The van der Waals surface area contributed by atoms with Crippen LogP contribution in [0.2, 0.25) is 0 Å². The molecule has 1 N–H and O–H groups in total. The molecule has 4 rings (SSSR count). The summed E-state index contributed by atoms with van der Waals surface area (Å²) in [5.74, 6) is 5.69. The van der Waals surface area contributed by atoms with Crippen LogP contribution in [0, 0.1) is 17.8 Å². The van der Waals surface area contributed by atoms with Crippen molar-refractivity contribution in [2.45, 2.75) is 38.3 Å². The van der Waals surface area contributed by atoms with E-state index in [0.29, 0.717) is 18.7 Å². The van der Waals surface area contributed by atoms with Gasteiger partial charge in [-0.15, -0.1) is 0 Å². The molecule has 3 fully saturated rings. The van der Waals surface area contributed by atoms with Crippen LogP contribution in [0.25, 0.3) is 0 Å². The highest BCUT2D eigenvalue weighted by atomic mass is 16.3. The van der Waals surface area contributed by atoms with Crippen molar-refractivity contribution in [1.82, 2.24) is 9.80 Å². The summed E-state index contributed by atoms with van der Waals surface area (Å²) < 4.78 is 0. The molecule has 0 aromatic heterocycles. The molecule has 132 valence electrons. The number of nitrogens with zero attached hydrogens (tertiary/aromatic N) is 2. The maximum atomic E-state index is 12.8. The van der Waals surface area contributed by atoms with Gasteiger partial charge in [-0.3, -0.25) is 9.59 Å². The van der Waals surface area contributed by atoms with Crippen molar-refractivity contribution in [2.75, 3.05) is 20.1 Å². The molecule has 0 saturated carbocycles. The van der Waals surface area contributed by atoms with Gasteiger partial charge in [-0.05, 0) is 51.0 Å². The lowest BCUT2D eigenvalue weighted by Crippen LogP contribution is -2.45. The molecule has 5 heteroatoms. The number of rotatable bonds is 1. The predicted molar refractivity (Wildman–Crippen MR) is 94.8 cm³/mol. The van der Waals surface area contributed by atoms with Crippen LogP contribution in [0.1, 0.15) is 42.6 Å². The largest absolute Gasteiger partial charge is 0.378 e. The first-order valence-corrected chi connectivity index (χ1v) is 8.66. The molecule has 1 aromatic carbocycles. The number of carbonyl (C=O) groups is 2. The fraction of sp³-hybridized carbons (Fsp3) is 0.500. The van der Waals surface area contributed by atoms with Crippen LogP contribution >= 0.6 is 0 Å². The second kappa shape index (κ2) is 6.53. The van der Waals surface area contributed by atoms with Gasteiger partial charge in [0.1, 0.15) is 5.60 Å². The molecule has 3 heterocycles. The van der Waals surface area contributed by atoms with Crippen molar-refractivity contribution in [3.63, 3.8) is 0 Å². The second-order valence-corrected chi connectivity index (χ2v) is 7.47. The number of likely N-dealkylation sites (N-methyl/N-ethyl adjacent to an activating group) is 1. The fourth-order valence-corrected chi connectivity index (χ4v) is 3.43. The van der Waals surface area contributed by atoms with Gasteiger partial charge in [-0.1, -0.05) is 11.8 Å². The van der Waals surface area contributed by atoms with Crippen molar-refractivity contribution in [1.29, 1.82) is 0 Å². The molecule has 25 heavy (non-hydrogen) atoms. The number of hydrogen-bond acceptors (Lipinski definition) is 3. The summed E-state index contributed by atoms with van der Waals surface area (Å²) >= 11 is 0. The van der Waals surface area contributed by atoms with Crippen molar-refractivity contribution < 1.29 is 14.7 Å². The zero-order valence-electron chi connectivity index (χ0n) is 15.0. The lowest BCUT2D eigenvalue weighted by Gasteiger charge is -2.32. The van der Waals surface area contributed by atoms with Gasteiger partial charge in [0.05, 0.1) is 5.92 Å². The van der Waals surface area contributed by atoms with Crippen molar-refractivity contribution in [3.8, 4) is 11.8 Å². The predicted octanol–water partition coefficient (Wildman–Crippen LogP) is 1.50. The monoisotopic (exact) mass is 340 g/mol. The Morgan fingerprint density at radius 3 is 2.52 bits per heavy atom. The molecular formula is C20H24N2O3. The third-order valence-corrected chi connectivity index (χ3v) is 4.90. The summed E-state index contributed by atoms with van der Waals surface area (Å²) in [5, 5.41) is 9.65. The minimum Gasteiger partial charge on any atom is -0.378 e. The van der Waals surface area contributed by atoms with E-state index in [2.05, 4.69) is 11.8 Å². The van der Waals surface area contributed by atoms with Gasteiger partial charge < -0.3 is 14.9 Å². The smallest absolute Gasteiger partial charge is 0.253 e. The molecule has 0 unspecified atom stereocenters. The Kier molecular flexibility index (Phi) is 4.57. The van der Waals surface area contributed by atoms with E-state index < -0.39 is 5.60 Å². The van der Waals surface area contributed by atoms with Gasteiger partial charge in [0.15, 0.2) is 0 Å². The molecule has 0 aliphatic carbocycles. The Labute approximate surface area is 148 Å². The Morgan fingerprint density at radius 2 is 1.88 bits per heavy atom. The van der Waals surface area contributed by atoms with Gasteiger partial charge in [-0.2, -0.15) is 0 Å². The second-order valence-electron chi connectivity index (χ2n) is 7.47. The van der Waals surface area contributed by atoms with E-state index in [9.17, 15) is 14.7 Å². The van der Waals surface area contributed by atoms with E-state index in [1.54, 1.807) is 47.9 Å². The molecule has 3 saturated heterocycles. The summed E-state index contributed by atoms with van der Waals surface area (Å²) in [6.07, 6.45) is 1.82. The van der Waals surface area contributed by atoms with Crippen LogP contribution in [-0.4, -0.2) is 58.5 Å². The SMILES string of the molecule is CN1C(=O)[C@@H]2CC[C@H]1CN(C(=O)c1ccc(C#CC(C)(C)O)cc1)C2. The summed E-state index contributed by atoms with van der Waals surface area (Å²) in [6.45, 7) is 4.35. The van der Waals surface area contributed by atoms with Crippen molar-refractivity contribution in [3.05, 3.63) is 35.4 Å². The van der Waals surface area contributed by atoms with Crippen LogP contribution in [0.15, 0.2) is 24.3 Å². The number of fused-ring (bicyclic) bond motifs is 4. The molecular weight excluding hydrogens is 316 g/mol. The van der Waals surface area contributed by atoms with E-state index in [1.807, 2.05) is 7.05 Å². The van der Waals surface area contributed by atoms with E-state index in [4.69, 9.17) is 0 Å². The number of piperidine rings is 1. The first-order chi connectivity index (χ1) is 11.7. The number of benzene rings is 1. The molecule has 3 aliphatic heterocycles. The Balaban J connectivity index is 1.75. The summed E-state index contributed by atoms with van der Waals surface area (Å²) in [6, 6.07) is 7.21. The van der Waals surface area contributed by atoms with Gasteiger partial charge in [0, 0.05) is 37.3 Å². The lowest BCUT2D eigenvalue weighted by atomic mass is 9.95. The minimum atomic E-state index is -1.04. The van der Waals surface area contributed by atoms with Crippen LogP contribution in [-0.2, 0) is 4.79 Å². The molecule has 2 amide bonds. The first-order valence-electron chi connectivity index (χ1n) is 8.66. The zero-order valence-corrected chi connectivity index (χ0v) is 15.0. The quantitative estimate of drug-likeness (QED) is 0.788.